The lowest BCUT2D eigenvalue weighted by Crippen LogP contribution is -2.43. The topological polar surface area (TPSA) is 101 Å². The number of nitrogens with one attached hydrogen (secondary N) is 2. The van der Waals surface area contributed by atoms with Gasteiger partial charge in [-0.2, -0.15) is 0 Å². The van der Waals surface area contributed by atoms with Gasteiger partial charge in [-0.05, 0) is 66.3 Å². The lowest BCUT2D eigenvalue weighted by Gasteiger charge is -2.38. The summed E-state index contributed by atoms with van der Waals surface area (Å²) in [5.74, 6) is 0.397. The smallest absolute Gasteiger partial charge is 0.231 e. The fourth-order valence-electron chi connectivity index (χ4n) is 4.41. The van der Waals surface area contributed by atoms with E-state index < -0.39 is 0 Å². The van der Waals surface area contributed by atoms with Gasteiger partial charge in [0.05, 0.1) is 0 Å². The molecule has 1 aliphatic rings. The van der Waals surface area contributed by atoms with Crippen LogP contribution in [0.1, 0.15) is 37.7 Å². The predicted molar refractivity (Wildman–Crippen MR) is 150 cm³/mol. The van der Waals surface area contributed by atoms with E-state index in [0.717, 1.165) is 19.4 Å². The molecule has 188 valence electrons. The molecule has 1 saturated carbocycles. The van der Waals surface area contributed by atoms with Crippen molar-refractivity contribution in [2.75, 3.05) is 11.9 Å². The van der Waals surface area contributed by atoms with Crippen LogP contribution in [0, 0.1) is 0 Å². The van der Waals surface area contributed by atoms with Gasteiger partial charge in [-0.15, -0.1) is 0 Å². The first-order valence-corrected chi connectivity index (χ1v) is 14.1. The molecule has 0 unspecified atom stereocenters. The Labute approximate surface area is 230 Å². The Kier molecular flexibility index (Phi) is 8.54. The number of nitrogens with zero attached hydrogens (tertiary/aromatic N) is 6. The Morgan fingerprint density at radius 1 is 0.784 bits per heavy atom. The summed E-state index contributed by atoms with van der Waals surface area (Å²) in [6, 6.07) is 16.2. The minimum absolute atomic E-state index is 0.0696. The molecule has 0 aliphatic heterocycles. The second kappa shape index (κ2) is 12.4. The number of rotatable bonds is 8. The molecule has 0 atom stereocenters. The zero-order valence-electron chi connectivity index (χ0n) is 20.1. The summed E-state index contributed by atoms with van der Waals surface area (Å²) in [6.07, 6.45) is 12.8. The number of hydrogen-bond acceptors (Lipinski definition) is 9. The molecule has 5 rings (SSSR count). The van der Waals surface area contributed by atoms with Crippen LogP contribution in [0.4, 0.5) is 5.95 Å². The average Bonchev–Trinajstić information content (AvgIpc) is 2.94. The molecule has 3 heterocycles. The molecule has 1 aliphatic carbocycles. The molecule has 1 fully saturated rings. The molecule has 2 N–H and O–H groups in total. The molecule has 0 spiro atoms. The monoisotopic (exact) mass is 546 g/mol. The summed E-state index contributed by atoms with van der Waals surface area (Å²) in [5, 5.41) is 9.72. The molecule has 0 bridgehead atoms. The van der Waals surface area contributed by atoms with Crippen LogP contribution < -0.4 is 10.6 Å². The minimum atomic E-state index is 0.0696. The Bertz CT molecular complexity index is 1240. The molecule has 0 radical (unpaired) electrons. The van der Waals surface area contributed by atoms with Gasteiger partial charge in [0.2, 0.25) is 5.95 Å². The van der Waals surface area contributed by atoms with E-state index in [1.165, 1.54) is 48.3 Å². The summed E-state index contributed by atoms with van der Waals surface area (Å²) in [5.41, 5.74) is 1.43. The fraction of sp³-hybridized carbons (Fsp3) is 0.269. The maximum atomic E-state index is 5.68. The quantitative estimate of drug-likeness (QED) is 0.165. The third-order valence-electron chi connectivity index (χ3n) is 6.16. The predicted octanol–water partition coefficient (Wildman–Crippen LogP) is 5.55. The molecule has 1 aromatic carbocycles. The third-order valence-corrected chi connectivity index (χ3v) is 8.03. The molecular formula is C26H26N8S3. The molecular weight excluding hydrogens is 521 g/mol. The second-order valence-corrected chi connectivity index (χ2v) is 11.0. The van der Waals surface area contributed by atoms with Gasteiger partial charge < -0.3 is 10.6 Å². The molecule has 8 nitrogen and oxygen atoms in total. The van der Waals surface area contributed by atoms with E-state index in [9.17, 15) is 0 Å². The Hall–Kier alpha value is -3.15. The lowest BCUT2D eigenvalue weighted by molar-refractivity contribution is 0.292. The lowest BCUT2D eigenvalue weighted by atomic mass is 9.69. The number of thiocarbonyl (C=S) groups is 1. The summed E-state index contributed by atoms with van der Waals surface area (Å²) in [7, 11) is 0. The van der Waals surface area contributed by atoms with Crippen LogP contribution >= 0.6 is 35.7 Å². The van der Waals surface area contributed by atoms with Crippen molar-refractivity contribution in [2.24, 2.45) is 0 Å². The molecule has 0 saturated heterocycles. The van der Waals surface area contributed by atoms with E-state index in [2.05, 4.69) is 70.9 Å². The first-order chi connectivity index (χ1) is 18.2. The van der Waals surface area contributed by atoms with Crippen molar-refractivity contribution >= 4 is 46.8 Å². The van der Waals surface area contributed by atoms with E-state index in [4.69, 9.17) is 12.2 Å². The van der Waals surface area contributed by atoms with Crippen LogP contribution in [0.5, 0.6) is 0 Å². The molecule has 4 aromatic rings. The molecule has 11 heteroatoms. The van der Waals surface area contributed by atoms with E-state index >= 15 is 0 Å². The summed E-state index contributed by atoms with van der Waals surface area (Å²) in [4.78, 5) is 26.5. The van der Waals surface area contributed by atoms with Gasteiger partial charge in [0.1, 0.15) is 10.1 Å². The van der Waals surface area contributed by atoms with Crippen molar-refractivity contribution in [1.82, 2.24) is 35.2 Å². The van der Waals surface area contributed by atoms with Crippen LogP contribution in [0.25, 0.3) is 0 Å². The van der Waals surface area contributed by atoms with E-state index in [1.54, 1.807) is 36.9 Å². The van der Waals surface area contributed by atoms with Gasteiger partial charge in [-0.1, -0.05) is 49.6 Å². The zero-order valence-corrected chi connectivity index (χ0v) is 22.5. The van der Waals surface area contributed by atoms with Crippen molar-refractivity contribution in [1.29, 1.82) is 0 Å². The normalized spacial score (nSPS) is 14.6. The van der Waals surface area contributed by atoms with Crippen molar-refractivity contribution in [3.05, 3.63) is 78.9 Å². The summed E-state index contributed by atoms with van der Waals surface area (Å²) in [6.45, 7) is 0.759. The zero-order chi connectivity index (χ0) is 25.3. The third kappa shape index (κ3) is 7.00. The van der Waals surface area contributed by atoms with Gasteiger partial charge in [-0.3, -0.25) is 0 Å². The number of benzene rings is 1. The highest BCUT2D eigenvalue weighted by Gasteiger charge is 2.33. The molecule has 0 amide bonds. The largest absolute Gasteiger partial charge is 0.361 e. The highest BCUT2D eigenvalue weighted by atomic mass is 32.2. The fourth-order valence-corrected chi connectivity index (χ4v) is 6.08. The number of anilines is 1. The first kappa shape index (κ1) is 25.5. The van der Waals surface area contributed by atoms with Crippen LogP contribution in [0.3, 0.4) is 0 Å². The maximum absolute atomic E-state index is 5.68. The molecule has 37 heavy (non-hydrogen) atoms. The Balaban J connectivity index is 1.32. The highest BCUT2D eigenvalue weighted by molar-refractivity contribution is 7.99. The van der Waals surface area contributed by atoms with Crippen LogP contribution in [-0.4, -0.2) is 41.6 Å². The van der Waals surface area contributed by atoms with Crippen molar-refractivity contribution < 1.29 is 0 Å². The highest BCUT2D eigenvalue weighted by Crippen LogP contribution is 2.39. The van der Waals surface area contributed by atoms with Gasteiger partial charge in [0.25, 0.3) is 0 Å². The van der Waals surface area contributed by atoms with Crippen molar-refractivity contribution in [3.8, 4) is 0 Å². The average molecular weight is 547 g/mol. The van der Waals surface area contributed by atoms with Gasteiger partial charge in [-0.25, -0.2) is 29.9 Å². The van der Waals surface area contributed by atoms with E-state index in [-0.39, 0.29) is 5.41 Å². The van der Waals surface area contributed by atoms with Gasteiger partial charge in [0.15, 0.2) is 15.4 Å². The Morgan fingerprint density at radius 3 is 1.92 bits per heavy atom. The van der Waals surface area contributed by atoms with Crippen LogP contribution in [0.2, 0.25) is 0 Å². The Morgan fingerprint density at radius 2 is 1.35 bits per heavy atom. The van der Waals surface area contributed by atoms with Crippen molar-refractivity contribution in [3.63, 3.8) is 0 Å². The van der Waals surface area contributed by atoms with Gasteiger partial charge in [0, 0.05) is 42.8 Å². The van der Waals surface area contributed by atoms with Crippen molar-refractivity contribution in [2.45, 2.75) is 57.9 Å². The minimum Gasteiger partial charge on any atom is -0.361 e. The first-order valence-electron chi connectivity index (χ1n) is 12.1. The standard InChI is InChI=1S/C26H26N8S3/c35-23(31-18-26(11-5-2-6-12-26)19-9-3-1-4-10-19)34-22-32-20(36-24-27-13-7-14-28-24)17-21(33-22)37-25-29-15-8-16-30-25/h1,3-4,7-10,13-17H,2,5-6,11-12,18H2,(H2,31,32,33,34,35). The maximum Gasteiger partial charge on any atom is 0.231 e. The SMILES string of the molecule is S=C(NCC1(c2ccccc2)CCCCC1)Nc1nc(Sc2ncccn2)cc(Sc2ncccn2)n1. The second-order valence-electron chi connectivity index (χ2n) is 8.65. The van der Waals surface area contributed by atoms with E-state index in [1.807, 2.05) is 6.07 Å². The number of aromatic nitrogens is 6. The summed E-state index contributed by atoms with van der Waals surface area (Å²) < 4.78 is 0. The van der Waals surface area contributed by atoms with Crippen LogP contribution in [-0.2, 0) is 5.41 Å². The molecule has 3 aromatic heterocycles. The summed E-state index contributed by atoms with van der Waals surface area (Å²) >= 11 is 8.40. The van der Waals surface area contributed by atoms with E-state index in [0.29, 0.717) is 31.4 Å². The van der Waals surface area contributed by atoms with Gasteiger partial charge >= 0.3 is 0 Å². The van der Waals surface area contributed by atoms with Crippen LogP contribution in [0.15, 0.2) is 93.7 Å². The number of hydrogen-bond donors (Lipinski definition) is 2.